The summed E-state index contributed by atoms with van der Waals surface area (Å²) in [6.45, 7) is 4.00. The Balaban J connectivity index is 1.87. The van der Waals surface area contributed by atoms with E-state index in [1.54, 1.807) is 0 Å². The highest BCUT2D eigenvalue weighted by atomic mass is 16.5. The van der Waals surface area contributed by atoms with Gasteiger partial charge in [0.25, 0.3) is 0 Å². The van der Waals surface area contributed by atoms with Crippen LogP contribution in [0.1, 0.15) is 50.8 Å². The van der Waals surface area contributed by atoms with Gasteiger partial charge >= 0.3 is 0 Å². The summed E-state index contributed by atoms with van der Waals surface area (Å²) in [6, 6.07) is 0.102. The van der Waals surface area contributed by atoms with Gasteiger partial charge < -0.3 is 15.0 Å². The smallest absolute Gasteiger partial charge is 0.0948 e. The summed E-state index contributed by atoms with van der Waals surface area (Å²) in [7, 11) is 0. The van der Waals surface area contributed by atoms with Crippen molar-refractivity contribution in [3.8, 4) is 0 Å². The van der Waals surface area contributed by atoms with Gasteiger partial charge in [-0.15, -0.1) is 0 Å². The second-order valence-corrected chi connectivity index (χ2v) is 4.80. The Morgan fingerprint density at radius 1 is 1.59 bits per heavy atom. The molecule has 0 aromatic carbocycles. The van der Waals surface area contributed by atoms with Gasteiger partial charge in [-0.2, -0.15) is 0 Å². The van der Waals surface area contributed by atoms with Crippen molar-refractivity contribution < 1.29 is 4.74 Å². The maximum absolute atomic E-state index is 6.06. The Labute approximate surface area is 103 Å². The molecular formula is C13H23N3O. The van der Waals surface area contributed by atoms with E-state index in [0.29, 0.717) is 6.10 Å². The summed E-state index contributed by atoms with van der Waals surface area (Å²) in [4.78, 5) is 4.20. The van der Waals surface area contributed by atoms with Crippen molar-refractivity contribution in [2.75, 3.05) is 6.61 Å². The molecule has 17 heavy (non-hydrogen) atoms. The minimum Gasteiger partial charge on any atom is -0.378 e. The van der Waals surface area contributed by atoms with Crippen LogP contribution >= 0.6 is 0 Å². The summed E-state index contributed by atoms with van der Waals surface area (Å²) in [5, 5.41) is 0. The molecule has 1 aromatic rings. The van der Waals surface area contributed by atoms with Crippen molar-refractivity contribution in [2.24, 2.45) is 5.73 Å². The van der Waals surface area contributed by atoms with Crippen LogP contribution in [0.2, 0.25) is 0 Å². The lowest BCUT2D eigenvalue weighted by Crippen LogP contribution is -2.22. The number of imidazole rings is 1. The van der Waals surface area contributed by atoms with Gasteiger partial charge in [-0.05, 0) is 32.1 Å². The molecule has 0 amide bonds. The van der Waals surface area contributed by atoms with E-state index in [2.05, 4.69) is 16.5 Å². The number of nitrogens with zero attached hydrogens (tertiary/aromatic N) is 2. The molecule has 2 atom stereocenters. The highest BCUT2D eigenvalue weighted by Crippen LogP contribution is 2.18. The largest absolute Gasteiger partial charge is 0.378 e. The van der Waals surface area contributed by atoms with E-state index in [9.17, 15) is 0 Å². The molecule has 1 saturated heterocycles. The van der Waals surface area contributed by atoms with Crippen molar-refractivity contribution >= 4 is 0 Å². The lowest BCUT2D eigenvalue weighted by atomic mass is 10.1. The standard InChI is InChI=1S/C13H23N3O/c1-2-12(14)13-9-15-10-16(13)7-6-11-5-3-4-8-17-11/h9-12H,2-8,14H2,1H3/t11?,12-/m1/s1. The first-order valence-electron chi connectivity index (χ1n) is 6.68. The first-order valence-corrected chi connectivity index (χ1v) is 6.68. The fourth-order valence-electron chi connectivity index (χ4n) is 2.35. The van der Waals surface area contributed by atoms with Gasteiger partial charge in [0.1, 0.15) is 0 Å². The molecule has 0 aliphatic carbocycles. The van der Waals surface area contributed by atoms with Gasteiger partial charge in [-0.25, -0.2) is 4.98 Å². The van der Waals surface area contributed by atoms with Crippen LogP contribution in [0.3, 0.4) is 0 Å². The van der Waals surface area contributed by atoms with Gasteiger partial charge in [0.2, 0.25) is 0 Å². The number of rotatable bonds is 5. The van der Waals surface area contributed by atoms with E-state index >= 15 is 0 Å². The average Bonchev–Trinajstić information content (AvgIpc) is 2.85. The molecule has 2 rings (SSSR count). The third kappa shape index (κ3) is 3.30. The third-order valence-corrected chi connectivity index (χ3v) is 3.53. The molecule has 4 nitrogen and oxygen atoms in total. The highest BCUT2D eigenvalue weighted by molar-refractivity contribution is 5.04. The molecule has 0 saturated carbocycles. The van der Waals surface area contributed by atoms with Crippen LogP contribution in [0.15, 0.2) is 12.5 Å². The fourth-order valence-corrected chi connectivity index (χ4v) is 2.35. The molecule has 0 spiro atoms. The maximum Gasteiger partial charge on any atom is 0.0948 e. The van der Waals surface area contributed by atoms with E-state index < -0.39 is 0 Å². The van der Waals surface area contributed by atoms with Crippen molar-refractivity contribution in [3.63, 3.8) is 0 Å². The number of ether oxygens (including phenoxy) is 1. The van der Waals surface area contributed by atoms with Crippen molar-refractivity contribution in [1.82, 2.24) is 9.55 Å². The predicted octanol–water partition coefficient (Wildman–Crippen LogP) is 2.25. The van der Waals surface area contributed by atoms with Gasteiger partial charge in [0, 0.05) is 25.4 Å². The lowest BCUT2D eigenvalue weighted by Gasteiger charge is -2.23. The van der Waals surface area contributed by atoms with Gasteiger partial charge in [-0.1, -0.05) is 6.92 Å². The van der Waals surface area contributed by atoms with Crippen molar-refractivity contribution in [2.45, 2.75) is 57.7 Å². The maximum atomic E-state index is 6.06. The van der Waals surface area contributed by atoms with E-state index in [4.69, 9.17) is 10.5 Å². The van der Waals surface area contributed by atoms with Crippen LogP contribution in [0.25, 0.3) is 0 Å². The van der Waals surface area contributed by atoms with Crippen molar-refractivity contribution in [3.05, 3.63) is 18.2 Å². The van der Waals surface area contributed by atoms with Gasteiger partial charge in [0.05, 0.1) is 18.1 Å². The second kappa shape index (κ2) is 6.17. The third-order valence-electron chi connectivity index (χ3n) is 3.53. The minimum absolute atomic E-state index is 0.102. The van der Waals surface area contributed by atoms with Crippen LogP contribution < -0.4 is 5.73 Å². The summed E-state index contributed by atoms with van der Waals surface area (Å²) in [5.41, 5.74) is 7.20. The molecule has 1 aromatic heterocycles. The molecule has 0 bridgehead atoms. The zero-order valence-electron chi connectivity index (χ0n) is 10.6. The van der Waals surface area contributed by atoms with Gasteiger partial charge in [-0.3, -0.25) is 0 Å². The summed E-state index contributed by atoms with van der Waals surface area (Å²) in [5.74, 6) is 0. The number of aromatic nitrogens is 2. The molecule has 96 valence electrons. The van der Waals surface area contributed by atoms with Crippen LogP contribution in [0.5, 0.6) is 0 Å². The Morgan fingerprint density at radius 2 is 2.47 bits per heavy atom. The fraction of sp³-hybridized carbons (Fsp3) is 0.769. The highest BCUT2D eigenvalue weighted by Gasteiger charge is 2.15. The predicted molar refractivity (Wildman–Crippen MR) is 67.7 cm³/mol. The molecule has 2 heterocycles. The average molecular weight is 237 g/mol. The Kier molecular flexibility index (Phi) is 4.57. The van der Waals surface area contributed by atoms with E-state index in [1.807, 2.05) is 12.5 Å². The van der Waals surface area contributed by atoms with Crippen LogP contribution in [0.4, 0.5) is 0 Å². The van der Waals surface area contributed by atoms with Crippen LogP contribution in [0, 0.1) is 0 Å². The zero-order chi connectivity index (χ0) is 12.1. The normalized spacial score (nSPS) is 22.6. The van der Waals surface area contributed by atoms with Gasteiger partial charge in [0.15, 0.2) is 0 Å². The molecule has 0 radical (unpaired) electrons. The second-order valence-electron chi connectivity index (χ2n) is 4.80. The summed E-state index contributed by atoms with van der Waals surface area (Å²) >= 11 is 0. The molecule has 1 fully saturated rings. The Hall–Kier alpha value is -0.870. The first kappa shape index (κ1) is 12.6. The quantitative estimate of drug-likeness (QED) is 0.854. The van der Waals surface area contributed by atoms with Crippen LogP contribution in [-0.2, 0) is 11.3 Å². The van der Waals surface area contributed by atoms with E-state index in [1.165, 1.54) is 19.3 Å². The topological polar surface area (TPSA) is 53.1 Å². The summed E-state index contributed by atoms with van der Waals surface area (Å²) < 4.78 is 7.91. The zero-order valence-corrected chi connectivity index (χ0v) is 10.6. The molecule has 1 unspecified atom stereocenters. The molecule has 1 aliphatic heterocycles. The van der Waals surface area contributed by atoms with Crippen molar-refractivity contribution in [1.29, 1.82) is 0 Å². The van der Waals surface area contributed by atoms with E-state index in [0.717, 1.165) is 31.7 Å². The van der Waals surface area contributed by atoms with E-state index in [-0.39, 0.29) is 6.04 Å². The number of aryl methyl sites for hydroxylation is 1. The van der Waals surface area contributed by atoms with Crippen LogP contribution in [-0.4, -0.2) is 22.3 Å². The molecule has 4 heteroatoms. The SMILES string of the molecule is CC[C@@H](N)c1cncn1CCC1CCCCO1. The molecule has 1 aliphatic rings. The Bertz CT molecular complexity index is 331. The molecular weight excluding hydrogens is 214 g/mol. The summed E-state index contributed by atoms with van der Waals surface area (Å²) in [6.07, 6.45) is 9.93. The minimum atomic E-state index is 0.102. The monoisotopic (exact) mass is 237 g/mol. The Morgan fingerprint density at radius 3 is 3.18 bits per heavy atom. The number of hydrogen-bond acceptors (Lipinski definition) is 3. The number of nitrogens with two attached hydrogens (primary N) is 1. The lowest BCUT2D eigenvalue weighted by molar-refractivity contribution is 0.00866. The first-order chi connectivity index (χ1) is 8.31. The number of hydrogen-bond donors (Lipinski definition) is 1. The molecule has 2 N–H and O–H groups in total.